The van der Waals surface area contributed by atoms with Crippen LogP contribution in [0.3, 0.4) is 0 Å². The van der Waals surface area contributed by atoms with Gasteiger partial charge in [0.2, 0.25) is 0 Å². The van der Waals surface area contributed by atoms with E-state index in [4.69, 9.17) is 4.98 Å². The van der Waals surface area contributed by atoms with Gasteiger partial charge in [0.1, 0.15) is 4.83 Å². The number of rotatable bonds is 3. The van der Waals surface area contributed by atoms with Crippen molar-refractivity contribution in [2.75, 3.05) is 0 Å². The molecule has 6 heteroatoms. The van der Waals surface area contributed by atoms with E-state index in [1.165, 1.54) is 24.1 Å². The fourth-order valence-electron chi connectivity index (χ4n) is 3.49. The van der Waals surface area contributed by atoms with Gasteiger partial charge in [-0.2, -0.15) is 0 Å². The Bertz CT molecular complexity index is 844. The minimum Gasteiger partial charge on any atom is -0.293 e. The summed E-state index contributed by atoms with van der Waals surface area (Å²) < 4.78 is 0. The predicted octanol–water partition coefficient (Wildman–Crippen LogP) is 4.89. The van der Waals surface area contributed by atoms with Gasteiger partial charge < -0.3 is 0 Å². The number of thiazole rings is 1. The maximum absolute atomic E-state index is 4.75. The van der Waals surface area contributed by atoms with E-state index in [0.717, 1.165) is 33.3 Å². The van der Waals surface area contributed by atoms with Crippen LogP contribution in [0.5, 0.6) is 0 Å². The number of nitrogens with zero attached hydrogens (tertiary/aromatic N) is 4. The maximum Gasteiger partial charge on any atom is 0.190 e. The van der Waals surface area contributed by atoms with E-state index < -0.39 is 0 Å². The summed E-state index contributed by atoms with van der Waals surface area (Å²) in [6.07, 6.45) is 5.91. The van der Waals surface area contributed by atoms with E-state index in [2.05, 4.69) is 34.8 Å². The van der Waals surface area contributed by atoms with Crippen molar-refractivity contribution in [3.63, 3.8) is 0 Å². The van der Waals surface area contributed by atoms with Gasteiger partial charge in [0.05, 0.1) is 0 Å². The first-order valence-electron chi connectivity index (χ1n) is 8.54. The molecule has 2 atom stereocenters. The summed E-state index contributed by atoms with van der Waals surface area (Å²) in [4.78, 5) is 18.8. The molecular weight excluding hydrogens is 336 g/mol. The average Bonchev–Trinajstić information content (AvgIpc) is 3.16. The SMILES string of the molecule is Cc1csc(-c2ncc3cc(CN4C(C)CCCC4C)sc3n2)n1. The molecule has 1 saturated heterocycles. The first-order valence-corrected chi connectivity index (χ1v) is 10.2. The summed E-state index contributed by atoms with van der Waals surface area (Å²) in [7, 11) is 0. The van der Waals surface area contributed by atoms with Crippen molar-refractivity contribution in [2.45, 2.75) is 58.7 Å². The van der Waals surface area contributed by atoms with Crippen LogP contribution in [0, 0.1) is 6.92 Å². The number of piperidine rings is 1. The first-order chi connectivity index (χ1) is 11.6. The number of thiophene rings is 1. The van der Waals surface area contributed by atoms with Gasteiger partial charge in [-0.15, -0.1) is 22.7 Å². The Kier molecular flexibility index (Phi) is 4.37. The van der Waals surface area contributed by atoms with Crippen LogP contribution < -0.4 is 0 Å². The summed E-state index contributed by atoms with van der Waals surface area (Å²) in [5.74, 6) is 0.744. The van der Waals surface area contributed by atoms with Crippen molar-refractivity contribution >= 4 is 32.9 Å². The van der Waals surface area contributed by atoms with Crippen molar-refractivity contribution < 1.29 is 0 Å². The number of aryl methyl sites for hydroxylation is 1. The lowest BCUT2D eigenvalue weighted by Crippen LogP contribution is -2.42. The molecule has 1 aliphatic rings. The van der Waals surface area contributed by atoms with E-state index in [1.807, 2.05) is 18.5 Å². The molecule has 0 radical (unpaired) electrons. The summed E-state index contributed by atoms with van der Waals surface area (Å²) in [6, 6.07) is 3.59. The molecule has 0 bridgehead atoms. The van der Waals surface area contributed by atoms with Gasteiger partial charge in [-0.1, -0.05) is 6.42 Å². The largest absolute Gasteiger partial charge is 0.293 e. The Labute approximate surface area is 150 Å². The maximum atomic E-state index is 4.75. The number of fused-ring (bicyclic) bond motifs is 1. The summed E-state index contributed by atoms with van der Waals surface area (Å²) in [6.45, 7) is 7.73. The molecule has 0 aromatic carbocycles. The van der Waals surface area contributed by atoms with Crippen molar-refractivity contribution in [3.05, 3.63) is 28.2 Å². The lowest BCUT2D eigenvalue weighted by Gasteiger charge is -2.38. The minimum absolute atomic E-state index is 0.666. The molecule has 2 unspecified atom stereocenters. The zero-order valence-corrected chi connectivity index (χ0v) is 16.0. The van der Waals surface area contributed by atoms with Gasteiger partial charge in [0.15, 0.2) is 10.8 Å². The van der Waals surface area contributed by atoms with Gasteiger partial charge >= 0.3 is 0 Å². The van der Waals surface area contributed by atoms with Crippen LogP contribution in [-0.2, 0) is 6.54 Å². The van der Waals surface area contributed by atoms with E-state index in [0.29, 0.717) is 12.1 Å². The Morgan fingerprint density at radius 2 is 2.00 bits per heavy atom. The monoisotopic (exact) mass is 358 g/mol. The fraction of sp³-hybridized carbons (Fsp3) is 0.500. The fourth-order valence-corrected chi connectivity index (χ4v) is 5.23. The molecule has 24 heavy (non-hydrogen) atoms. The zero-order chi connectivity index (χ0) is 16.7. The van der Waals surface area contributed by atoms with Crippen molar-refractivity contribution in [3.8, 4) is 10.8 Å². The molecule has 0 saturated carbocycles. The molecule has 0 N–H and O–H groups in total. The molecule has 4 rings (SSSR count). The highest BCUT2D eigenvalue weighted by atomic mass is 32.1. The smallest absolute Gasteiger partial charge is 0.190 e. The number of hydrogen-bond acceptors (Lipinski definition) is 6. The third kappa shape index (κ3) is 3.10. The molecule has 3 aromatic rings. The predicted molar refractivity (Wildman–Crippen MR) is 102 cm³/mol. The number of hydrogen-bond donors (Lipinski definition) is 0. The third-order valence-corrected chi connectivity index (χ3v) is 6.83. The van der Waals surface area contributed by atoms with E-state index >= 15 is 0 Å². The Balaban J connectivity index is 1.61. The van der Waals surface area contributed by atoms with Gasteiger partial charge in [-0.3, -0.25) is 4.90 Å². The highest BCUT2D eigenvalue weighted by Gasteiger charge is 2.25. The van der Waals surface area contributed by atoms with E-state index in [9.17, 15) is 0 Å². The number of aromatic nitrogens is 3. The Morgan fingerprint density at radius 1 is 1.21 bits per heavy atom. The Hall–Kier alpha value is -1.37. The standard InChI is InChI=1S/C18H22N4S2/c1-11-10-23-18(20-11)16-19-8-14-7-15(24-17(14)21-16)9-22-12(2)5-4-6-13(22)3/h7-8,10,12-13H,4-6,9H2,1-3H3. The number of likely N-dealkylation sites (tertiary alicyclic amines) is 1. The first kappa shape index (κ1) is 16.1. The molecule has 4 heterocycles. The molecular formula is C18H22N4S2. The normalized spacial score (nSPS) is 22.3. The second-order valence-electron chi connectivity index (χ2n) is 6.76. The molecule has 4 nitrogen and oxygen atoms in total. The van der Waals surface area contributed by atoms with E-state index in [-0.39, 0.29) is 0 Å². The van der Waals surface area contributed by atoms with Gasteiger partial charge in [0, 0.05) is 46.2 Å². The van der Waals surface area contributed by atoms with Crippen LogP contribution in [0.4, 0.5) is 0 Å². The van der Waals surface area contributed by atoms with Crippen molar-refractivity contribution in [2.24, 2.45) is 0 Å². The molecule has 3 aromatic heterocycles. The second kappa shape index (κ2) is 6.50. The van der Waals surface area contributed by atoms with Crippen LogP contribution in [0.15, 0.2) is 17.6 Å². The van der Waals surface area contributed by atoms with Crippen LogP contribution in [0.1, 0.15) is 43.7 Å². The van der Waals surface area contributed by atoms with Crippen LogP contribution >= 0.6 is 22.7 Å². The van der Waals surface area contributed by atoms with Crippen molar-refractivity contribution in [1.82, 2.24) is 19.9 Å². The van der Waals surface area contributed by atoms with Gasteiger partial charge in [-0.25, -0.2) is 15.0 Å². The summed E-state index contributed by atoms with van der Waals surface area (Å²) in [5.41, 5.74) is 1.03. The topological polar surface area (TPSA) is 41.9 Å². The highest BCUT2D eigenvalue weighted by molar-refractivity contribution is 7.18. The molecule has 1 aliphatic heterocycles. The second-order valence-corrected chi connectivity index (χ2v) is 8.74. The average molecular weight is 359 g/mol. The third-order valence-electron chi connectivity index (χ3n) is 4.85. The lowest BCUT2D eigenvalue weighted by molar-refractivity contribution is 0.0965. The molecule has 1 fully saturated rings. The van der Waals surface area contributed by atoms with Gasteiger partial charge in [-0.05, 0) is 39.7 Å². The summed E-state index contributed by atoms with van der Waals surface area (Å²) in [5, 5.41) is 4.09. The van der Waals surface area contributed by atoms with Crippen LogP contribution in [-0.4, -0.2) is 31.9 Å². The van der Waals surface area contributed by atoms with Crippen molar-refractivity contribution in [1.29, 1.82) is 0 Å². The quantitative estimate of drug-likeness (QED) is 0.669. The zero-order valence-electron chi connectivity index (χ0n) is 14.3. The van der Waals surface area contributed by atoms with Crippen LogP contribution in [0.25, 0.3) is 21.0 Å². The molecule has 0 amide bonds. The molecule has 126 valence electrons. The van der Waals surface area contributed by atoms with E-state index in [1.54, 1.807) is 22.7 Å². The highest BCUT2D eigenvalue weighted by Crippen LogP contribution is 2.31. The van der Waals surface area contributed by atoms with Gasteiger partial charge in [0.25, 0.3) is 0 Å². The molecule has 0 aliphatic carbocycles. The van der Waals surface area contributed by atoms with Crippen LogP contribution in [0.2, 0.25) is 0 Å². The minimum atomic E-state index is 0.666. The summed E-state index contributed by atoms with van der Waals surface area (Å²) >= 11 is 3.40. The molecule has 0 spiro atoms. The lowest BCUT2D eigenvalue weighted by atomic mass is 9.97. The Morgan fingerprint density at radius 3 is 2.71 bits per heavy atom.